The summed E-state index contributed by atoms with van der Waals surface area (Å²) >= 11 is 0. The molecule has 0 N–H and O–H groups in total. The van der Waals surface area contributed by atoms with Crippen LogP contribution in [0.4, 0.5) is 11.4 Å². The fourth-order valence-corrected chi connectivity index (χ4v) is 6.86. The van der Waals surface area contributed by atoms with Crippen LogP contribution in [0.3, 0.4) is 0 Å². The monoisotopic (exact) mass is 644 g/mol. The van der Waals surface area contributed by atoms with Crippen molar-refractivity contribution in [1.82, 2.24) is 0 Å². The van der Waals surface area contributed by atoms with E-state index in [1.54, 1.807) is 0 Å². The normalized spacial score (nSPS) is 13.2. The lowest BCUT2D eigenvalue weighted by Gasteiger charge is -2.30. The SMILES string of the molecule is C(#Cc1c2ccccc2c(C#Cc2ccc(N3COc4ccccc4C3)cc2)c2ccccc12)c1ccc(N2COc3ccccc3C2)cc1. The Kier molecular flexibility index (Phi) is 7.54. The predicted molar refractivity (Wildman–Crippen MR) is 203 cm³/mol. The van der Waals surface area contributed by atoms with E-state index in [4.69, 9.17) is 9.47 Å². The third kappa shape index (κ3) is 5.64. The Labute approximate surface area is 292 Å². The van der Waals surface area contributed by atoms with E-state index in [9.17, 15) is 0 Å². The summed E-state index contributed by atoms with van der Waals surface area (Å²) in [5.41, 5.74) is 8.59. The quantitative estimate of drug-likeness (QED) is 0.138. The van der Waals surface area contributed by atoms with Crippen LogP contribution in [-0.4, -0.2) is 13.5 Å². The molecule has 0 bridgehead atoms. The van der Waals surface area contributed by atoms with Gasteiger partial charge in [0.2, 0.25) is 0 Å². The number of fused-ring (bicyclic) bond motifs is 4. The average Bonchev–Trinajstić information content (AvgIpc) is 3.19. The first kappa shape index (κ1) is 29.5. The number of hydrogen-bond donors (Lipinski definition) is 0. The van der Waals surface area contributed by atoms with E-state index in [1.165, 1.54) is 11.1 Å². The maximum Gasteiger partial charge on any atom is 0.161 e. The zero-order valence-corrected chi connectivity index (χ0v) is 27.4. The number of anilines is 2. The maximum atomic E-state index is 5.98. The second-order valence-electron chi connectivity index (χ2n) is 12.6. The highest BCUT2D eigenvalue weighted by molar-refractivity contribution is 6.09. The van der Waals surface area contributed by atoms with E-state index >= 15 is 0 Å². The van der Waals surface area contributed by atoms with Crippen molar-refractivity contribution in [3.8, 4) is 35.2 Å². The van der Waals surface area contributed by atoms with Crippen molar-refractivity contribution in [1.29, 1.82) is 0 Å². The minimum Gasteiger partial charge on any atom is -0.473 e. The lowest BCUT2D eigenvalue weighted by Crippen LogP contribution is -2.31. The van der Waals surface area contributed by atoms with Crippen LogP contribution in [0.15, 0.2) is 146 Å². The summed E-state index contributed by atoms with van der Waals surface area (Å²) < 4.78 is 12.0. The van der Waals surface area contributed by atoms with Crippen molar-refractivity contribution in [3.63, 3.8) is 0 Å². The number of benzene rings is 7. The minimum absolute atomic E-state index is 0.532. The number of ether oxygens (including phenoxy) is 2. The molecule has 4 heteroatoms. The van der Waals surface area contributed by atoms with Crippen LogP contribution in [0.25, 0.3) is 21.5 Å². The molecule has 4 nitrogen and oxygen atoms in total. The van der Waals surface area contributed by atoms with Crippen molar-refractivity contribution in [2.75, 3.05) is 23.3 Å². The van der Waals surface area contributed by atoms with Crippen molar-refractivity contribution in [2.45, 2.75) is 13.1 Å². The van der Waals surface area contributed by atoms with Crippen LogP contribution in [-0.2, 0) is 13.1 Å². The first-order chi connectivity index (χ1) is 24.8. The van der Waals surface area contributed by atoms with Gasteiger partial charge in [0, 0.05) is 57.8 Å². The molecule has 2 aliphatic rings. The Balaban J connectivity index is 1.01. The molecule has 0 aliphatic carbocycles. The Morgan fingerprint density at radius 3 is 1.14 bits per heavy atom. The molecule has 2 aliphatic heterocycles. The molecule has 9 rings (SSSR count). The molecule has 50 heavy (non-hydrogen) atoms. The standard InChI is InChI=1S/C46H32N2O2/c1-7-15-45-35(9-1)29-47(31-49-45)37-23-17-33(18-24-37)21-27-43-39-11-3-5-13-41(39)44(42-14-6-4-12-40(42)43)28-22-34-19-25-38(26-20-34)48-30-36-10-2-8-16-46(36)50-32-48/h1-20,23-26H,29-32H2. The van der Waals surface area contributed by atoms with E-state index in [1.807, 2.05) is 24.3 Å². The van der Waals surface area contributed by atoms with Gasteiger partial charge in [-0.2, -0.15) is 0 Å². The summed E-state index contributed by atoms with van der Waals surface area (Å²) in [7, 11) is 0. The first-order valence-corrected chi connectivity index (χ1v) is 16.9. The Morgan fingerprint density at radius 1 is 0.380 bits per heavy atom. The van der Waals surface area contributed by atoms with Gasteiger partial charge in [-0.15, -0.1) is 0 Å². The molecule has 0 amide bonds. The molecular weight excluding hydrogens is 613 g/mol. The summed E-state index contributed by atoms with van der Waals surface area (Å²) in [4.78, 5) is 4.47. The predicted octanol–water partition coefficient (Wildman–Crippen LogP) is 9.51. The van der Waals surface area contributed by atoms with Gasteiger partial charge in [-0.05, 0) is 82.2 Å². The smallest absolute Gasteiger partial charge is 0.161 e. The van der Waals surface area contributed by atoms with Gasteiger partial charge in [-0.1, -0.05) is 109 Å². The molecule has 0 fully saturated rings. The van der Waals surface area contributed by atoms with Crippen molar-refractivity contribution in [2.24, 2.45) is 0 Å². The van der Waals surface area contributed by atoms with E-state index in [0.29, 0.717) is 13.5 Å². The van der Waals surface area contributed by atoms with E-state index in [0.717, 1.165) is 79.8 Å². The maximum absolute atomic E-state index is 5.98. The summed E-state index contributed by atoms with van der Waals surface area (Å²) in [6.45, 7) is 2.71. The van der Waals surface area contributed by atoms with E-state index in [2.05, 4.69) is 155 Å². The lowest BCUT2D eigenvalue weighted by molar-refractivity contribution is 0.289. The van der Waals surface area contributed by atoms with Crippen LogP contribution in [0.2, 0.25) is 0 Å². The van der Waals surface area contributed by atoms with Crippen molar-refractivity contribution < 1.29 is 9.47 Å². The third-order valence-electron chi connectivity index (χ3n) is 9.48. The fourth-order valence-electron chi connectivity index (χ4n) is 6.86. The molecule has 0 atom stereocenters. The fraction of sp³-hybridized carbons (Fsp3) is 0.0870. The van der Waals surface area contributed by atoms with Gasteiger partial charge < -0.3 is 19.3 Å². The number of para-hydroxylation sites is 2. The first-order valence-electron chi connectivity index (χ1n) is 16.9. The highest BCUT2D eigenvalue weighted by Crippen LogP contribution is 2.33. The average molecular weight is 645 g/mol. The van der Waals surface area contributed by atoms with E-state index < -0.39 is 0 Å². The van der Waals surface area contributed by atoms with Crippen LogP contribution in [0.5, 0.6) is 11.5 Å². The number of hydrogen-bond acceptors (Lipinski definition) is 4. The molecule has 0 radical (unpaired) electrons. The lowest BCUT2D eigenvalue weighted by atomic mass is 9.92. The van der Waals surface area contributed by atoms with Crippen LogP contribution < -0.4 is 19.3 Å². The molecule has 2 heterocycles. The second kappa shape index (κ2) is 12.8. The zero-order valence-electron chi connectivity index (χ0n) is 27.4. The Morgan fingerprint density at radius 2 is 0.740 bits per heavy atom. The summed E-state index contributed by atoms with van der Waals surface area (Å²) in [5.74, 6) is 16.0. The molecule has 0 spiro atoms. The largest absolute Gasteiger partial charge is 0.473 e. The summed E-state index contributed by atoms with van der Waals surface area (Å²) in [5, 5.41) is 4.41. The van der Waals surface area contributed by atoms with Crippen molar-refractivity contribution >= 4 is 32.9 Å². The summed E-state index contributed by atoms with van der Waals surface area (Å²) in [6.07, 6.45) is 0. The number of rotatable bonds is 2. The molecule has 0 saturated carbocycles. The molecule has 0 aromatic heterocycles. The highest BCUT2D eigenvalue weighted by atomic mass is 16.5. The highest BCUT2D eigenvalue weighted by Gasteiger charge is 2.18. The molecule has 238 valence electrons. The topological polar surface area (TPSA) is 24.9 Å². The Hall–Kier alpha value is -6.62. The third-order valence-corrected chi connectivity index (χ3v) is 9.48. The van der Waals surface area contributed by atoms with Gasteiger partial charge in [-0.25, -0.2) is 0 Å². The Bertz CT molecular complexity index is 2280. The van der Waals surface area contributed by atoms with Gasteiger partial charge in [0.15, 0.2) is 13.5 Å². The van der Waals surface area contributed by atoms with Crippen LogP contribution in [0.1, 0.15) is 33.4 Å². The van der Waals surface area contributed by atoms with Gasteiger partial charge in [0.05, 0.1) is 0 Å². The van der Waals surface area contributed by atoms with Gasteiger partial charge in [0.1, 0.15) is 11.5 Å². The van der Waals surface area contributed by atoms with Crippen molar-refractivity contribution in [3.05, 3.63) is 179 Å². The van der Waals surface area contributed by atoms with Gasteiger partial charge in [0.25, 0.3) is 0 Å². The van der Waals surface area contributed by atoms with Gasteiger partial charge >= 0.3 is 0 Å². The van der Waals surface area contributed by atoms with E-state index in [-0.39, 0.29) is 0 Å². The van der Waals surface area contributed by atoms with Gasteiger partial charge in [-0.3, -0.25) is 0 Å². The molecule has 7 aromatic rings. The molecule has 0 unspecified atom stereocenters. The second-order valence-corrected chi connectivity index (χ2v) is 12.6. The minimum atomic E-state index is 0.532. The summed E-state index contributed by atoms with van der Waals surface area (Å²) in [6, 6.07) is 50.3. The van der Waals surface area contributed by atoms with Crippen LogP contribution in [0, 0.1) is 23.7 Å². The molecule has 7 aromatic carbocycles. The number of nitrogens with zero attached hydrogens (tertiary/aromatic N) is 2. The zero-order chi connectivity index (χ0) is 33.3. The van der Waals surface area contributed by atoms with Crippen LogP contribution >= 0.6 is 0 Å². The molecule has 0 saturated heterocycles. The molecular formula is C46H32N2O2.